The van der Waals surface area contributed by atoms with Crippen LogP contribution in [-0.2, 0) is 11.8 Å². The third-order valence-electron chi connectivity index (χ3n) is 1.99. The summed E-state index contributed by atoms with van der Waals surface area (Å²) in [5.74, 6) is -0.836. The van der Waals surface area contributed by atoms with Gasteiger partial charge in [-0.3, -0.25) is 9.48 Å². The monoisotopic (exact) mass is 261 g/mol. The normalized spacial score (nSPS) is 12.8. The number of rotatable bonds is 4. The molecule has 1 unspecified atom stereocenters. The number of nitrogens with one attached hydrogen (secondary N) is 1. The first-order valence-corrected chi connectivity index (χ1v) is 4.92. The SMILES string of the molecule is CNC(CC(=O)O)c1c(Br)cnn1C. The van der Waals surface area contributed by atoms with E-state index in [4.69, 9.17) is 5.11 Å². The average Bonchev–Trinajstić information content (AvgIpc) is 2.43. The zero-order chi connectivity index (χ0) is 10.7. The van der Waals surface area contributed by atoms with Gasteiger partial charge in [-0.15, -0.1) is 0 Å². The molecule has 0 fully saturated rings. The van der Waals surface area contributed by atoms with Crippen LogP contribution in [0.1, 0.15) is 18.2 Å². The van der Waals surface area contributed by atoms with Gasteiger partial charge in [0.1, 0.15) is 0 Å². The third-order valence-corrected chi connectivity index (χ3v) is 2.61. The molecule has 2 N–H and O–H groups in total. The fraction of sp³-hybridized carbons (Fsp3) is 0.500. The van der Waals surface area contributed by atoms with Crippen LogP contribution in [-0.4, -0.2) is 27.9 Å². The van der Waals surface area contributed by atoms with Gasteiger partial charge in [0.05, 0.1) is 28.8 Å². The van der Waals surface area contributed by atoms with E-state index >= 15 is 0 Å². The van der Waals surface area contributed by atoms with Crippen LogP contribution in [0.25, 0.3) is 0 Å². The number of hydrogen-bond acceptors (Lipinski definition) is 3. The molecule has 0 saturated heterocycles. The number of aromatic nitrogens is 2. The summed E-state index contributed by atoms with van der Waals surface area (Å²) >= 11 is 3.33. The lowest BCUT2D eigenvalue weighted by molar-refractivity contribution is -0.137. The molecule has 0 aliphatic rings. The molecule has 1 atom stereocenters. The highest BCUT2D eigenvalue weighted by molar-refractivity contribution is 9.10. The second-order valence-corrected chi connectivity index (χ2v) is 3.79. The number of carboxylic acid groups (broad SMARTS) is 1. The van der Waals surface area contributed by atoms with Gasteiger partial charge in [0, 0.05) is 7.05 Å². The summed E-state index contributed by atoms with van der Waals surface area (Å²) in [4.78, 5) is 10.6. The van der Waals surface area contributed by atoms with Gasteiger partial charge in [-0.2, -0.15) is 5.10 Å². The first kappa shape index (κ1) is 11.2. The Morgan fingerprint density at radius 1 is 1.86 bits per heavy atom. The molecule has 1 rings (SSSR count). The van der Waals surface area contributed by atoms with E-state index in [1.165, 1.54) is 0 Å². The molecular formula is C8H12BrN3O2. The smallest absolute Gasteiger partial charge is 0.305 e. The number of carbonyl (C=O) groups is 1. The van der Waals surface area contributed by atoms with Crippen molar-refractivity contribution in [1.29, 1.82) is 0 Å². The lowest BCUT2D eigenvalue weighted by Gasteiger charge is -2.14. The second kappa shape index (κ2) is 4.56. The van der Waals surface area contributed by atoms with Crippen LogP contribution in [0.3, 0.4) is 0 Å². The average molecular weight is 262 g/mol. The summed E-state index contributed by atoms with van der Waals surface area (Å²) < 4.78 is 2.48. The molecule has 0 aliphatic carbocycles. The molecule has 0 saturated carbocycles. The molecule has 0 amide bonds. The van der Waals surface area contributed by atoms with Crippen molar-refractivity contribution in [2.45, 2.75) is 12.5 Å². The molecule has 5 nitrogen and oxygen atoms in total. The Morgan fingerprint density at radius 3 is 2.86 bits per heavy atom. The van der Waals surface area contributed by atoms with E-state index in [0.29, 0.717) is 0 Å². The van der Waals surface area contributed by atoms with Crippen molar-refractivity contribution in [2.24, 2.45) is 7.05 Å². The van der Waals surface area contributed by atoms with E-state index in [2.05, 4.69) is 26.3 Å². The lowest BCUT2D eigenvalue weighted by Crippen LogP contribution is -2.22. The van der Waals surface area contributed by atoms with E-state index < -0.39 is 5.97 Å². The minimum Gasteiger partial charge on any atom is -0.481 e. The predicted molar refractivity (Wildman–Crippen MR) is 55.0 cm³/mol. The van der Waals surface area contributed by atoms with E-state index in [1.54, 1.807) is 25.0 Å². The summed E-state index contributed by atoms with van der Waals surface area (Å²) in [6, 6.07) is -0.227. The molecule has 6 heteroatoms. The van der Waals surface area contributed by atoms with Gasteiger partial charge < -0.3 is 10.4 Å². The molecule has 0 radical (unpaired) electrons. The molecule has 1 aromatic rings. The van der Waals surface area contributed by atoms with Crippen LogP contribution in [0, 0.1) is 0 Å². The molecule has 0 aliphatic heterocycles. The molecular weight excluding hydrogens is 250 g/mol. The number of aryl methyl sites for hydroxylation is 1. The molecule has 78 valence electrons. The molecule has 0 aromatic carbocycles. The number of aliphatic carboxylic acids is 1. The minimum atomic E-state index is -0.836. The van der Waals surface area contributed by atoms with Crippen molar-refractivity contribution in [3.8, 4) is 0 Å². The predicted octanol–water partition coefficient (Wildman–Crippen LogP) is 0.918. The number of carboxylic acids is 1. The maximum Gasteiger partial charge on any atom is 0.305 e. The molecule has 1 aromatic heterocycles. The van der Waals surface area contributed by atoms with Gasteiger partial charge in [0.25, 0.3) is 0 Å². The zero-order valence-corrected chi connectivity index (χ0v) is 9.58. The lowest BCUT2D eigenvalue weighted by atomic mass is 10.1. The van der Waals surface area contributed by atoms with E-state index in [0.717, 1.165) is 10.2 Å². The van der Waals surface area contributed by atoms with Gasteiger partial charge >= 0.3 is 5.97 Å². The van der Waals surface area contributed by atoms with Gasteiger partial charge in [-0.25, -0.2) is 0 Å². The highest BCUT2D eigenvalue weighted by Crippen LogP contribution is 2.24. The first-order valence-electron chi connectivity index (χ1n) is 4.12. The van der Waals surface area contributed by atoms with Gasteiger partial charge in [-0.1, -0.05) is 0 Å². The van der Waals surface area contributed by atoms with Crippen LogP contribution < -0.4 is 5.32 Å². The minimum absolute atomic E-state index is 0.0363. The first-order chi connectivity index (χ1) is 6.56. The Balaban J connectivity index is 2.94. The van der Waals surface area contributed by atoms with Crippen LogP contribution >= 0.6 is 15.9 Å². The van der Waals surface area contributed by atoms with E-state index in [1.807, 2.05) is 0 Å². The summed E-state index contributed by atoms with van der Waals surface area (Å²) in [5.41, 5.74) is 0.843. The third kappa shape index (κ3) is 2.33. The van der Waals surface area contributed by atoms with Crippen LogP contribution in [0.15, 0.2) is 10.7 Å². The molecule has 0 spiro atoms. The van der Waals surface area contributed by atoms with Crippen LogP contribution in [0.5, 0.6) is 0 Å². The summed E-state index contributed by atoms with van der Waals surface area (Å²) in [7, 11) is 3.51. The highest BCUT2D eigenvalue weighted by atomic mass is 79.9. The molecule has 0 bridgehead atoms. The highest BCUT2D eigenvalue weighted by Gasteiger charge is 2.19. The maximum absolute atomic E-state index is 10.6. The van der Waals surface area contributed by atoms with Crippen molar-refractivity contribution in [3.05, 3.63) is 16.4 Å². The van der Waals surface area contributed by atoms with Crippen molar-refractivity contribution in [3.63, 3.8) is 0 Å². The zero-order valence-electron chi connectivity index (χ0n) is 7.99. The Labute approximate surface area is 90.2 Å². The standard InChI is InChI=1S/C8H12BrN3O2/c1-10-6(3-7(13)14)8-5(9)4-11-12(8)2/h4,6,10H,3H2,1-2H3,(H,13,14). The summed E-state index contributed by atoms with van der Waals surface area (Å²) in [6.45, 7) is 0. The Kier molecular flexibility index (Phi) is 3.65. The van der Waals surface area contributed by atoms with Gasteiger partial charge in [0.15, 0.2) is 0 Å². The van der Waals surface area contributed by atoms with Crippen LogP contribution in [0.2, 0.25) is 0 Å². The number of nitrogens with zero attached hydrogens (tertiary/aromatic N) is 2. The van der Waals surface area contributed by atoms with Gasteiger partial charge in [0.2, 0.25) is 0 Å². The van der Waals surface area contributed by atoms with Crippen molar-refractivity contribution < 1.29 is 9.90 Å². The maximum atomic E-state index is 10.6. The molecule has 1 heterocycles. The Morgan fingerprint density at radius 2 is 2.50 bits per heavy atom. The summed E-state index contributed by atoms with van der Waals surface area (Å²) in [5, 5.41) is 15.7. The van der Waals surface area contributed by atoms with Gasteiger partial charge in [-0.05, 0) is 23.0 Å². The van der Waals surface area contributed by atoms with E-state index in [9.17, 15) is 4.79 Å². The van der Waals surface area contributed by atoms with Crippen molar-refractivity contribution in [1.82, 2.24) is 15.1 Å². The summed E-state index contributed by atoms with van der Waals surface area (Å²) in [6.07, 6.45) is 1.69. The molecule has 14 heavy (non-hydrogen) atoms. The largest absolute Gasteiger partial charge is 0.481 e. The van der Waals surface area contributed by atoms with E-state index in [-0.39, 0.29) is 12.5 Å². The fourth-order valence-corrected chi connectivity index (χ4v) is 1.95. The second-order valence-electron chi connectivity index (χ2n) is 2.94. The fourth-order valence-electron chi connectivity index (χ4n) is 1.32. The van der Waals surface area contributed by atoms with Crippen LogP contribution in [0.4, 0.5) is 0 Å². The quantitative estimate of drug-likeness (QED) is 0.846. The Hall–Kier alpha value is -0.880. The topological polar surface area (TPSA) is 67.2 Å². The Bertz CT molecular complexity index is 318. The number of halogens is 1. The van der Waals surface area contributed by atoms with Crippen molar-refractivity contribution >= 4 is 21.9 Å². The van der Waals surface area contributed by atoms with Crippen molar-refractivity contribution in [2.75, 3.05) is 7.05 Å². The number of hydrogen-bond donors (Lipinski definition) is 2.